The third-order valence-electron chi connectivity index (χ3n) is 10.7. The summed E-state index contributed by atoms with van der Waals surface area (Å²) in [4.78, 5) is 78.3. The summed E-state index contributed by atoms with van der Waals surface area (Å²) in [6, 6.07) is 0. The minimum Gasteiger partial charge on any atom is -0.387 e. The number of imidazole rings is 3. The van der Waals surface area contributed by atoms with Gasteiger partial charge in [0.15, 0.2) is 53.1 Å². The van der Waals surface area contributed by atoms with Gasteiger partial charge in [0.1, 0.15) is 90.5 Å². The van der Waals surface area contributed by atoms with Crippen LogP contribution in [0.4, 0.5) is 17.5 Å². The predicted molar refractivity (Wildman–Crippen MR) is 228 cm³/mol. The fourth-order valence-corrected chi connectivity index (χ4v) is 10.4. The van der Waals surface area contributed by atoms with Crippen LogP contribution in [0.2, 0.25) is 0 Å². The molecule has 0 radical (unpaired) electrons. The molecule has 14 N–H and O–H groups in total. The molecule has 0 bridgehead atoms. The van der Waals surface area contributed by atoms with Crippen LogP contribution in [0, 0.1) is 0 Å². The van der Waals surface area contributed by atoms with Gasteiger partial charge in [0.2, 0.25) is 0 Å². The van der Waals surface area contributed by atoms with E-state index in [4.69, 9.17) is 65.8 Å². The molecular weight excluding hydrogens is 999 g/mol. The molecule has 3 aliphatic heterocycles. The molecular formula is C30H38N15O17P3S2. The Morgan fingerprint density at radius 3 is 1.39 bits per heavy atom. The summed E-state index contributed by atoms with van der Waals surface area (Å²) >= 11 is 9.84. The normalized spacial score (nSPS) is 31.0. The SMILES string of the molecule is Nc1ncnc2c1ncn2[C@@H]1O[C@H](COP(=O)(O)O[C@@H]2[C@H](O)[C@@H](COP(O)(=S)O[C@@H]3[C@H](O)[C@@H](COP(O)(O)=S)O[C@H]3n3cnc4c(N)ncnc43)O[C@H]2n2cnc3c(N)ncnc32)[C@@H](O)[C@H]1O. The second-order valence-corrected chi connectivity index (χ2v) is 21.7. The van der Waals surface area contributed by atoms with Crippen LogP contribution in [-0.4, -0.2) is 173 Å². The molecule has 3 saturated heterocycles. The summed E-state index contributed by atoms with van der Waals surface area (Å²) in [6.45, 7) is -11.1. The van der Waals surface area contributed by atoms with E-state index in [0.717, 1.165) is 19.0 Å². The van der Waals surface area contributed by atoms with Gasteiger partial charge in [-0.15, -0.1) is 0 Å². The fourth-order valence-electron chi connectivity index (χ4n) is 7.53. The van der Waals surface area contributed by atoms with E-state index in [-0.39, 0.29) is 50.9 Å². The van der Waals surface area contributed by atoms with Crippen molar-refractivity contribution in [3.8, 4) is 0 Å². The maximum absolute atomic E-state index is 13.6. The van der Waals surface area contributed by atoms with Crippen LogP contribution >= 0.6 is 21.3 Å². The molecule has 362 valence electrons. The summed E-state index contributed by atoms with van der Waals surface area (Å²) < 4.78 is 62.3. The molecule has 9 heterocycles. The van der Waals surface area contributed by atoms with Crippen LogP contribution in [0.15, 0.2) is 38.0 Å². The Hall–Kier alpha value is -4.06. The van der Waals surface area contributed by atoms with E-state index in [1.807, 2.05) is 0 Å². The van der Waals surface area contributed by atoms with Gasteiger partial charge in [-0.25, -0.2) is 49.4 Å². The van der Waals surface area contributed by atoms with Gasteiger partial charge in [-0.1, -0.05) is 0 Å². The number of nitrogens with two attached hydrogens (primary N) is 3. The van der Waals surface area contributed by atoms with E-state index in [1.165, 1.54) is 32.7 Å². The Kier molecular flexibility index (Phi) is 13.1. The number of hydrogen-bond acceptors (Lipinski definition) is 27. The lowest BCUT2D eigenvalue weighted by Gasteiger charge is -2.27. The molecule has 9 rings (SSSR count). The topological polar surface area (TPSA) is 462 Å². The number of aliphatic hydroxyl groups excluding tert-OH is 4. The fraction of sp³-hybridized carbons (Fsp3) is 0.500. The predicted octanol–water partition coefficient (Wildman–Crippen LogP) is -3.26. The van der Waals surface area contributed by atoms with Gasteiger partial charge < -0.3 is 80.5 Å². The van der Waals surface area contributed by atoms with Crippen molar-refractivity contribution >= 4 is 95.8 Å². The molecule has 2 unspecified atom stereocenters. The average molecular weight is 1040 g/mol. The van der Waals surface area contributed by atoms with E-state index in [9.17, 15) is 44.6 Å². The molecule has 0 spiro atoms. The first-order chi connectivity index (χ1) is 31.7. The van der Waals surface area contributed by atoms with Crippen molar-refractivity contribution in [2.24, 2.45) is 0 Å². The summed E-state index contributed by atoms with van der Waals surface area (Å²) in [5, 5.41) is 44.7. The maximum atomic E-state index is 13.6. The maximum Gasteiger partial charge on any atom is 0.472 e. The molecule has 0 amide bonds. The number of fused-ring (bicyclic) bond motifs is 3. The van der Waals surface area contributed by atoms with Gasteiger partial charge in [-0.2, -0.15) is 0 Å². The molecule has 32 nitrogen and oxygen atoms in total. The monoisotopic (exact) mass is 1040 g/mol. The van der Waals surface area contributed by atoms with Crippen LogP contribution in [0.25, 0.3) is 33.5 Å². The molecule has 0 aromatic carbocycles. The second kappa shape index (κ2) is 18.4. The molecule has 0 aliphatic carbocycles. The lowest BCUT2D eigenvalue weighted by Crippen LogP contribution is -2.37. The quantitative estimate of drug-likeness (QED) is 0.0424. The number of aliphatic hydroxyl groups is 4. The third-order valence-corrected chi connectivity index (χ3v) is 14.0. The Labute approximate surface area is 383 Å². The van der Waals surface area contributed by atoms with E-state index in [1.54, 1.807) is 0 Å². The molecule has 6 aromatic heterocycles. The minimum atomic E-state index is -5.29. The van der Waals surface area contributed by atoms with Crippen molar-refractivity contribution < 1.29 is 81.4 Å². The Morgan fingerprint density at radius 2 is 0.925 bits per heavy atom. The summed E-state index contributed by atoms with van der Waals surface area (Å²) in [5.41, 5.74) is 18.5. The van der Waals surface area contributed by atoms with Crippen LogP contribution in [0.3, 0.4) is 0 Å². The lowest BCUT2D eigenvalue weighted by atomic mass is 10.1. The lowest BCUT2D eigenvalue weighted by molar-refractivity contribution is -0.0623. The van der Waals surface area contributed by atoms with Gasteiger partial charge in [0.05, 0.1) is 38.8 Å². The van der Waals surface area contributed by atoms with Crippen molar-refractivity contribution in [2.75, 3.05) is 37.0 Å². The smallest absolute Gasteiger partial charge is 0.387 e. The van der Waals surface area contributed by atoms with Crippen LogP contribution in [-0.2, 0) is 65.0 Å². The zero-order valence-corrected chi connectivity index (χ0v) is 37.8. The number of phosphoric ester groups is 1. The number of ether oxygens (including phenoxy) is 3. The van der Waals surface area contributed by atoms with Crippen molar-refractivity contribution in [3.63, 3.8) is 0 Å². The van der Waals surface area contributed by atoms with Crippen molar-refractivity contribution in [2.45, 2.75) is 73.6 Å². The number of phosphoric acid groups is 1. The highest BCUT2D eigenvalue weighted by atomic mass is 32.5. The zero-order chi connectivity index (χ0) is 47.7. The van der Waals surface area contributed by atoms with E-state index in [2.05, 4.69) is 56.7 Å². The second-order valence-electron chi connectivity index (χ2n) is 14.9. The molecule has 6 aromatic rings. The highest BCUT2D eigenvalue weighted by Crippen LogP contribution is 2.53. The van der Waals surface area contributed by atoms with Crippen LogP contribution in [0.5, 0.6) is 0 Å². The number of hydrogen-bond donors (Lipinski definition) is 11. The van der Waals surface area contributed by atoms with E-state index < -0.39 is 115 Å². The summed E-state index contributed by atoms with van der Waals surface area (Å²) in [5.74, 6) is -0.0129. The number of aromatic nitrogens is 12. The highest BCUT2D eigenvalue weighted by molar-refractivity contribution is 8.07. The van der Waals surface area contributed by atoms with Crippen molar-refractivity contribution in [3.05, 3.63) is 38.0 Å². The van der Waals surface area contributed by atoms with Gasteiger partial charge in [-0.05, 0) is 23.6 Å². The highest BCUT2D eigenvalue weighted by Gasteiger charge is 2.53. The molecule has 14 atom stereocenters. The first-order valence-electron chi connectivity index (χ1n) is 19.2. The largest absolute Gasteiger partial charge is 0.472 e. The average Bonchev–Trinajstić information content (AvgIpc) is 4.13. The van der Waals surface area contributed by atoms with Crippen molar-refractivity contribution in [1.29, 1.82) is 0 Å². The molecule has 37 heteroatoms. The summed E-state index contributed by atoms with van der Waals surface area (Å²) in [7, 11) is -5.29. The van der Waals surface area contributed by atoms with Gasteiger partial charge in [0.25, 0.3) is 0 Å². The van der Waals surface area contributed by atoms with E-state index >= 15 is 0 Å². The number of nitrogen functional groups attached to an aromatic ring is 3. The third kappa shape index (κ3) is 9.51. The summed E-state index contributed by atoms with van der Waals surface area (Å²) in [6.07, 6.45) is -12.0. The molecule has 3 aliphatic rings. The first kappa shape index (κ1) is 48.0. The van der Waals surface area contributed by atoms with Crippen molar-refractivity contribution in [1.82, 2.24) is 58.6 Å². The van der Waals surface area contributed by atoms with Gasteiger partial charge >= 0.3 is 21.3 Å². The van der Waals surface area contributed by atoms with Crippen LogP contribution < -0.4 is 17.2 Å². The standard InChI is InChI=1S/C30H38N15O17P3S2/c31-22-13-25(37-4-34-22)43(7-40-13)28-19(49)16(46)10(58-28)1-55-63(50,51)61-20-17(47)12(60-29(20)44-8-41-14-23(32)35-5-38-26(14)44)3-57-65(54,67)62-21-18(48)11(2-56-64(52,53)66)59-30(21)45-9-42-15-24(33)36-6-39-27(15)45/h4-12,16-21,28-30,46-49H,1-3H2,(H,50,51)(H,54,67)(H2,31,34,37)(H2,32,35,38)(H2,33,36,39)(H2,52,53,66)/t10-,11-,12-,16-,17-,18-,19-,20-,21-,28-,29-,30-,65?/m1/s1. The van der Waals surface area contributed by atoms with Crippen LogP contribution in [0.1, 0.15) is 18.7 Å². The zero-order valence-electron chi connectivity index (χ0n) is 33.5. The Bertz CT molecular complexity index is 2950. The van der Waals surface area contributed by atoms with Gasteiger partial charge in [0, 0.05) is 0 Å². The van der Waals surface area contributed by atoms with E-state index in [0.29, 0.717) is 0 Å². The number of rotatable bonds is 16. The molecule has 3 fully saturated rings. The molecule has 0 saturated carbocycles. The Balaban J connectivity index is 0.918. The van der Waals surface area contributed by atoms with Gasteiger partial charge in [-0.3, -0.25) is 27.3 Å². The Morgan fingerprint density at radius 1 is 0.537 bits per heavy atom. The number of anilines is 3. The number of nitrogens with zero attached hydrogens (tertiary/aromatic N) is 12. The minimum absolute atomic E-state index is 0.00566. The first-order valence-corrected chi connectivity index (χ1v) is 25.9. The molecule has 67 heavy (non-hydrogen) atoms.